The minimum Gasteiger partial charge on any atom is -0.466 e. The summed E-state index contributed by atoms with van der Waals surface area (Å²) in [5.41, 5.74) is 2.15. The molecule has 1 aromatic carbocycles. The van der Waals surface area contributed by atoms with Crippen LogP contribution in [0, 0.1) is 6.92 Å². The second-order valence-electron chi connectivity index (χ2n) is 5.60. The number of hydrogen-bond acceptors (Lipinski definition) is 5. The Bertz CT molecular complexity index is 676. The Balaban J connectivity index is 2.54. The standard InChI is InChI=1S/C18H25N3O4S/c1-4-11-25-17(24)10-9-16(23)21-18(26)20-14-8-6-7-13(12(14)3)19-15(22)5-2/h6-8H,4-5,9-11H2,1-3H3,(H,19,22)(H2,20,21,23,26). The Morgan fingerprint density at radius 3 is 2.31 bits per heavy atom. The van der Waals surface area contributed by atoms with Crippen LogP contribution in [-0.2, 0) is 19.1 Å². The van der Waals surface area contributed by atoms with E-state index in [1.807, 2.05) is 13.8 Å². The Labute approximate surface area is 158 Å². The Morgan fingerprint density at radius 1 is 1.04 bits per heavy atom. The first-order valence-corrected chi connectivity index (χ1v) is 8.94. The molecule has 26 heavy (non-hydrogen) atoms. The highest BCUT2D eigenvalue weighted by Crippen LogP contribution is 2.23. The van der Waals surface area contributed by atoms with Crippen LogP contribution in [0.15, 0.2) is 18.2 Å². The third-order valence-corrected chi connectivity index (χ3v) is 3.66. The van der Waals surface area contributed by atoms with E-state index in [2.05, 4.69) is 16.0 Å². The predicted octanol–water partition coefficient (Wildman–Crippen LogP) is 2.89. The molecule has 2 amide bonds. The van der Waals surface area contributed by atoms with Gasteiger partial charge in [0.05, 0.1) is 13.0 Å². The summed E-state index contributed by atoms with van der Waals surface area (Å²) in [5.74, 6) is -0.865. The van der Waals surface area contributed by atoms with Gasteiger partial charge in [0, 0.05) is 24.2 Å². The zero-order chi connectivity index (χ0) is 19.5. The van der Waals surface area contributed by atoms with Crippen LogP contribution in [0.25, 0.3) is 0 Å². The van der Waals surface area contributed by atoms with Crippen LogP contribution >= 0.6 is 12.2 Å². The van der Waals surface area contributed by atoms with Gasteiger partial charge in [-0.15, -0.1) is 0 Å². The van der Waals surface area contributed by atoms with Crippen LogP contribution in [0.4, 0.5) is 11.4 Å². The monoisotopic (exact) mass is 379 g/mol. The van der Waals surface area contributed by atoms with Crippen LogP contribution < -0.4 is 16.0 Å². The molecule has 0 fully saturated rings. The van der Waals surface area contributed by atoms with Crippen molar-refractivity contribution < 1.29 is 19.1 Å². The molecule has 0 saturated heterocycles. The number of thiocarbonyl (C=S) groups is 1. The number of nitrogens with one attached hydrogen (secondary N) is 3. The van der Waals surface area contributed by atoms with Crippen LogP contribution in [0.2, 0.25) is 0 Å². The topological polar surface area (TPSA) is 96.5 Å². The van der Waals surface area contributed by atoms with Crippen molar-refractivity contribution in [2.75, 3.05) is 17.2 Å². The molecule has 3 N–H and O–H groups in total. The minimum atomic E-state index is -0.406. The molecule has 142 valence electrons. The molecular formula is C18H25N3O4S. The van der Waals surface area contributed by atoms with Crippen LogP contribution in [0.5, 0.6) is 0 Å². The van der Waals surface area contributed by atoms with Gasteiger partial charge in [-0.2, -0.15) is 0 Å². The molecular weight excluding hydrogens is 354 g/mol. The first-order valence-electron chi connectivity index (χ1n) is 8.53. The number of carbonyl (C=O) groups is 3. The number of anilines is 2. The lowest BCUT2D eigenvalue weighted by molar-refractivity contribution is -0.144. The van der Waals surface area contributed by atoms with E-state index in [4.69, 9.17) is 17.0 Å². The van der Waals surface area contributed by atoms with E-state index in [1.54, 1.807) is 25.1 Å². The maximum Gasteiger partial charge on any atom is 0.306 e. The van der Waals surface area contributed by atoms with Crippen molar-refractivity contribution in [1.29, 1.82) is 0 Å². The van der Waals surface area contributed by atoms with Gasteiger partial charge in [0.15, 0.2) is 5.11 Å². The fourth-order valence-corrected chi connectivity index (χ4v) is 2.22. The fourth-order valence-electron chi connectivity index (χ4n) is 1.99. The molecule has 0 atom stereocenters. The lowest BCUT2D eigenvalue weighted by atomic mass is 10.1. The van der Waals surface area contributed by atoms with Crippen molar-refractivity contribution in [3.63, 3.8) is 0 Å². The first kappa shape index (κ1) is 21.6. The predicted molar refractivity (Wildman–Crippen MR) is 105 cm³/mol. The van der Waals surface area contributed by atoms with Gasteiger partial charge in [-0.3, -0.25) is 14.4 Å². The Kier molecular flexibility index (Phi) is 9.29. The normalized spacial score (nSPS) is 9.96. The van der Waals surface area contributed by atoms with Crippen molar-refractivity contribution in [1.82, 2.24) is 5.32 Å². The van der Waals surface area contributed by atoms with E-state index in [9.17, 15) is 14.4 Å². The SMILES string of the molecule is CCCOC(=O)CCC(=O)NC(=S)Nc1cccc(NC(=O)CC)c1C. The number of rotatable bonds is 8. The fraction of sp³-hybridized carbons (Fsp3) is 0.444. The molecule has 0 radical (unpaired) electrons. The molecule has 0 aliphatic carbocycles. The summed E-state index contributed by atoms with van der Waals surface area (Å²) in [7, 11) is 0. The summed E-state index contributed by atoms with van der Waals surface area (Å²) in [5, 5.41) is 8.38. The average Bonchev–Trinajstić information content (AvgIpc) is 2.61. The Hall–Kier alpha value is -2.48. The maximum absolute atomic E-state index is 11.9. The van der Waals surface area contributed by atoms with Crippen molar-refractivity contribution in [2.45, 2.75) is 46.5 Å². The molecule has 0 aromatic heterocycles. The third-order valence-electron chi connectivity index (χ3n) is 3.45. The molecule has 0 aliphatic heterocycles. The summed E-state index contributed by atoms with van der Waals surface area (Å²) < 4.78 is 4.91. The van der Waals surface area contributed by atoms with E-state index >= 15 is 0 Å². The second kappa shape index (κ2) is 11.2. The van der Waals surface area contributed by atoms with Crippen LogP contribution in [0.1, 0.15) is 45.1 Å². The second-order valence-corrected chi connectivity index (χ2v) is 6.01. The largest absolute Gasteiger partial charge is 0.466 e. The molecule has 0 heterocycles. The minimum absolute atomic E-state index is 0.00402. The van der Waals surface area contributed by atoms with Gasteiger partial charge in [0.25, 0.3) is 0 Å². The molecule has 0 unspecified atom stereocenters. The molecule has 0 aliphatic rings. The van der Waals surface area contributed by atoms with Gasteiger partial charge in [-0.05, 0) is 43.3 Å². The van der Waals surface area contributed by atoms with Crippen molar-refractivity contribution in [3.05, 3.63) is 23.8 Å². The molecule has 1 rings (SSSR count). The summed E-state index contributed by atoms with van der Waals surface area (Å²) in [4.78, 5) is 34.8. The number of esters is 1. The van der Waals surface area contributed by atoms with E-state index in [-0.39, 0.29) is 29.8 Å². The van der Waals surface area contributed by atoms with Crippen LogP contribution in [0.3, 0.4) is 0 Å². The number of amides is 2. The molecule has 1 aromatic rings. The van der Waals surface area contributed by atoms with Crippen molar-refractivity contribution >= 4 is 46.5 Å². The molecule has 7 nitrogen and oxygen atoms in total. The van der Waals surface area contributed by atoms with E-state index in [0.717, 1.165) is 12.0 Å². The molecule has 0 saturated carbocycles. The zero-order valence-electron chi connectivity index (χ0n) is 15.3. The quantitative estimate of drug-likeness (QED) is 0.475. The van der Waals surface area contributed by atoms with E-state index in [1.165, 1.54) is 0 Å². The number of benzene rings is 1. The summed E-state index contributed by atoms with van der Waals surface area (Å²) in [6.45, 7) is 5.86. The number of carbonyl (C=O) groups excluding carboxylic acids is 3. The van der Waals surface area contributed by atoms with Crippen molar-refractivity contribution in [3.8, 4) is 0 Å². The summed E-state index contributed by atoms with van der Waals surface area (Å²) in [6.07, 6.45) is 1.12. The highest BCUT2D eigenvalue weighted by Gasteiger charge is 2.11. The average molecular weight is 379 g/mol. The van der Waals surface area contributed by atoms with Gasteiger partial charge >= 0.3 is 5.97 Å². The lowest BCUT2D eigenvalue weighted by Gasteiger charge is -2.15. The van der Waals surface area contributed by atoms with Crippen molar-refractivity contribution in [2.24, 2.45) is 0 Å². The zero-order valence-corrected chi connectivity index (χ0v) is 16.1. The van der Waals surface area contributed by atoms with E-state index < -0.39 is 5.97 Å². The van der Waals surface area contributed by atoms with Gasteiger partial charge < -0.3 is 20.7 Å². The molecule has 0 spiro atoms. The van der Waals surface area contributed by atoms with Gasteiger partial charge in [-0.25, -0.2) is 0 Å². The maximum atomic E-state index is 11.9. The number of ether oxygens (including phenoxy) is 1. The number of hydrogen-bond donors (Lipinski definition) is 3. The van der Waals surface area contributed by atoms with Gasteiger partial charge in [0.1, 0.15) is 0 Å². The highest BCUT2D eigenvalue weighted by molar-refractivity contribution is 7.80. The molecule has 0 bridgehead atoms. The third kappa shape index (κ3) is 7.60. The summed E-state index contributed by atoms with van der Waals surface area (Å²) >= 11 is 5.13. The van der Waals surface area contributed by atoms with Gasteiger partial charge in [0.2, 0.25) is 11.8 Å². The highest BCUT2D eigenvalue weighted by atomic mass is 32.1. The Morgan fingerprint density at radius 2 is 1.69 bits per heavy atom. The first-order chi connectivity index (χ1) is 12.4. The summed E-state index contributed by atoms with van der Waals surface area (Å²) in [6, 6.07) is 5.35. The van der Waals surface area contributed by atoms with Crippen LogP contribution in [-0.4, -0.2) is 29.5 Å². The smallest absolute Gasteiger partial charge is 0.306 e. The van der Waals surface area contributed by atoms with E-state index in [0.29, 0.717) is 24.4 Å². The molecule has 8 heteroatoms. The van der Waals surface area contributed by atoms with Gasteiger partial charge in [-0.1, -0.05) is 19.9 Å². The lowest BCUT2D eigenvalue weighted by Crippen LogP contribution is -2.34.